The molecule has 1 heterocycles. The van der Waals surface area contributed by atoms with Crippen LogP contribution in [0.15, 0.2) is 30.0 Å². The maximum Gasteiger partial charge on any atom is 0.258 e. The Morgan fingerprint density at radius 2 is 2.25 bits per heavy atom. The third-order valence-electron chi connectivity index (χ3n) is 1.90. The Morgan fingerprint density at radius 1 is 1.50 bits per heavy atom. The first-order valence-electron chi connectivity index (χ1n) is 5.08. The molecule has 0 fully saturated rings. The van der Waals surface area contributed by atoms with E-state index in [0.29, 0.717) is 5.69 Å². The lowest BCUT2D eigenvalue weighted by molar-refractivity contribution is -0.117. The Balaban J connectivity index is 2.71. The van der Waals surface area contributed by atoms with Crippen LogP contribution in [0.25, 0.3) is 0 Å². The summed E-state index contributed by atoms with van der Waals surface area (Å²) in [5.74, 6) is 1.29. The van der Waals surface area contributed by atoms with Gasteiger partial charge in [-0.25, -0.2) is 4.79 Å². The number of hydrogen-bond acceptors (Lipinski definition) is 3. The summed E-state index contributed by atoms with van der Waals surface area (Å²) in [5.41, 5.74) is 0.757. The van der Waals surface area contributed by atoms with Crippen molar-refractivity contribution in [3.8, 4) is 0 Å². The molecule has 0 unspecified atom stereocenters. The molecule has 0 aliphatic carbocycles. The van der Waals surface area contributed by atoms with E-state index in [-0.39, 0.29) is 23.9 Å². The molecule has 0 spiro atoms. The fraction of sp³-hybridized carbons (Fsp3) is 0.333. The minimum Gasteiger partial charge on any atom is -0.349 e. The van der Waals surface area contributed by atoms with Crippen molar-refractivity contribution in [1.29, 1.82) is 0 Å². The third-order valence-corrected chi connectivity index (χ3v) is 1.90. The molecular formula is C12H14N2O2. The Labute approximate surface area is 94.4 Å². The van der Waals surface area contributed by atoms with Crippen molar-refractivity contribution < 1.29 is 9.59 Å². The molecule has 0 aliphatic rings. The van der Waals surface area contributed by atoms with E-state index >= 15 is 0 Å². The normalized spacial score (nSPS) is 9.69. The van der Waals surface area contributed by atoms with Gasteiger partial charge in [0.1, 0.15) is 11.5 Å². The summed E-state index contributed by atoms with van der Waals surface area (Å²) in [6.07, 6.45) is 1.83. The smallest absolute Gasteiger partial charge is 0.258 e. The van der Waals surface area contributed by atoms with Crippen LogP contribution in [0.4, 0.5) is 0 Å². The van der Waals surface area contributed by atoms with E-state index in [9.17, 15) is 9.59 Å². The molecule has 1 rings (SSSR count). The molecule has 84 valence electrons. The van der Waals surface area contributed by atoms with Crippen molar-refractivity contribution >= 4 is 11.8 Å². The minimum absolute atomic E-state index is 0.000387. The van der Waals surface area contributed by atoms with Crippen LogP contribution in [-0.2, 0) is 16.0 Å². The number of carbonyl (C=O) groups excluding carboxylic acids is 2. The summed E-state index contributed by atoms with van der Waals surface area (Å²) in [6, 6.07) is 5.35. The largest absolute Gasteiger partial charge is 0.349 e. The monoisotopic (exact) mass is 218 g/mol. The average Bonchev–Trinajstić information content (AvgIpc) is 2.26. The SMILES string of the molecule is CC(C)NC(=O)C(=C=O)Cc1ccccn1. The van der Waals surface area contributed by atoms with Crippen LogP contribution in [-0.4, -0.2) is 22.9 Å². The maximum atomic E-state index is 11.6. The zero-order valence-electron chi connectivity index (χ0n) is 9.36. The van der Waals surface area contributed by atoms with Gasteiger partial charge < -0.3 is 5.32 Å². The molecule has 0 saturated carbocycles. The molecule has 0 aliphatic heterocycles. The molecule has 4 heteroatoms. The zero-order valence-corrected chi connectivity index (χ0v) is 9.36. The lowest BCUT2D eigenvalue weighted by atomic mass is 10.1. The molecule has 4 nitrogen and oxygen atoms in total. The van der Waals surface area contributed by atoms with Gasteiger partial charge in [-0.05, 0) is 26.0 Å². The van der Waals surface area contributed by atoms with Gasteiger partial charge in [-0.2, -0.15) is 0 Å². The summed E-state index contributed by atoms with van der Waals surface area (Å²) in [5, 5.41) is 2.65. The van der Waals surface area contributed by atoms with Gasteiger partial charge >= 0.3 is 0 Å². The number of carbonyl (C=O) groups is 1. The molecule has 1 N–H and O–H groups in total. The predicted molar refractivity (Wildman–Crippen MR) is 60.4 cm³/mol. The lowest BCUT2D eigenvalue weighted by Gasteiger charge is -2.08. The zero-order chi connectivity index (χ0) is 12.0. The summed E-state index contributed by atoms with van der Waals surface area (Å²) in [6.45, 7) is 3.67. The fourth-order valence-electron chi connectivity index (χ4n) is 1.20. The number of rotatable bonds is 4. The van der Waals surface area contributed by atoms with Crippen molar-refractivity contribution in [2.75, 3.05) is 0 Å². The van der Waals surface area contributed by atoms with E-state index < -0.39 is 0 Å². The number of aromatic nitrogens is 1. The summed E-state index contributed by atoms with van der Waals surface area (Å²) in [7, 11) is 0. The highest BCUT2D eigenvalue weighted by Crippen LogP contribution is 2.02. The third kappa shape index (κ3) is 3.67. The van der Waals surface area contributed by atoms with Gasteiger partial charge in [0.05, 0.1) is 0 Å². The number of pyridine rings is 1. The van der Waals surface area contributed by atoms with Crippen molar-refractivity contribution in [2.45, 2.75) is 26.3 Å². The Hall–Kier alpha value is -1.93. The van der Waals surface area contributed by atoms with Gasteiger partial charge in [0.15, 0.2) is 0 Å². The van der Waals surface area contributed by atoms with Crippen molar-refractivity contribution in [1.82, 2.24) is 10.3 Å². The van der Waals surface area contributed by atoms with Gasteiger partial charge in [-0.15, -0.1) is 0 Å². The molecule has 16 heavy (non-hydrogen) atoms. The van der Waals surface area contributed by atoms with E-state index in [2.05, 4.69) is 10.3 Å². The maximum absolute atomic E-state index is 11.6. The number of amides is 1. The first kappa shape index (κ1) is 12.1. The summed E-state index contributed by atoms with van der Waals surface area (Å²) >= 11 is 0. The summed E-state index contributed by atoms with van der Waals surface area (Å²) < 4.78 is 0. The molecule has 0 aromatic carbocycles. The first-order chi connectivity index (χ1) is 7.63. The van der Waals surface area contributed by atoms with Gasteiger partial charge in [0.25, 0.3) is 5.91 Å². The van der Waals surface area contributed by atoms with Crippen LogP contribution in [0.3, 0.4) is 0 Å². The molecule has 0 radical (unpaired) electrons. The van der Waals surface area contributed by atoms with Gasteiger partial charge in [-0.3, -0.25) is 9.78 Å². The molecule has 1 amide bonds. The number of nitrogens with zero attached hydrogens (tertiary/aromatic N) is 1. The van der Waals surface area contributed by atoms with Crippen molar-refractivity contribution in [3.05, 3.63) is 35.7 Å². The van der Waals surface area contributed by atoms with E-state index in [0.717, 1.165) is 0 Å². The fourth-order valence-corrected chi connectivity index (χ4v) is 1.20. The number of nitrogens with one attached hydrogen (secondary N) is 1. The first-order valence-corrected chi connectivity index (χ1v) is 5.08. The van der Waals surface area contributed by atoms with E-state index in [1.807, 2.05) is 19.9 Å². The van der Waals surface area contributed by atoms with Crippen LogP contribution in [0.2, 0.25) is 0 Å². The minimum atomic E-state index is -0.379. The van der Waals surface area contributed by atoms with E-state index in [1.165, 1.54) is 0 Å². The van der Waals surface area contributed by atoms with E-state index in [1.54, 1.807) is 24.3 Å². The lowest BCUT2D eigenvalue weighted by Crippen LogP contribution is -2.32. The topological polar surface area (TPSA) is 59.1 Å². The van der Waals surface area contributed by atoms with Crippen LogP contribution >= 0.6 is 0 Å². The average molecular weight is 218 g/mol. The van der Waals surface area contributed by atoms with Gasteiger partial charge in [-0.1, -0.05) is 6.07 Å². The number of hydrogen-bond donors (Lipinski definition) is 1. The molecule has 0 bridgehead atoms. The molecule has 0 atom stereocenters. The molecule has 1 aromatic rings. The van der Waals surface area contributed by atoms with E-state index in [4.69, 9.17) is 0 Å². The second kappa shape index (κ2) is 5.83. The highest BCUT2D eigenvalue weighted by molar-refractivity contribution is 6.01. The van der Waals surface area contributed by atoms with Crippen molar-refractivity contribution in [3.63, 3.8) is 0 Å². The molecule has 1 aromatic heterocycles. The quantitative estimate of drug-likeness (QED) is 0.603. The second-order valence-corrected chi connectivity index (χ2v) is 3.71. The van der Waals surface area contributed by atoms with Crippen LogP contribution in [0, 0.1) is 0 Å². The molecule has 0 saturated heterocycles. The highest BCUT2D eigenvalue weighted by Gasteiger charge is 2.12. The van der Waals surface area contributed by atoms with Gasteiger partial charge in [0, 0.05) is 24.4 Å². The van der Waals surface area contributed by atoms with Crippen molar-refractivity contribution in [2.24, 2.45) is 0 Å². The summed E-state index contributed by atoms with van der Waals surface area (Å²) in [4.78, 5) is 26.3. The van der Waals surface area contributed by atoms with Gasteiger partial charge in [0.2, 0.25) is 0 Å². The highest BCUT2D eigenvalue weighted by atomic mass is 16.2. The van der Waals surface area contributed by atoms with Crippen LogP contribution < -0.4 is 5.32 Å². The van der Waals surface area contributed by atoms with Crippen LogP contribution in [0.1, 0.15) is 19.5 Å². The van der Waals surface area contributed by atoms with Crippen LogP contribution in [0.5, 0.6) is 0 Å². The molecular weight excluding hydrogens is 204 g/mol. The Morgan fingerprint density at radius 3 is 2.75 bits per heavy atom. The predicted octanol–water partition coefficient (Wildman–Crippen LogP) is 0.907. The Bertz CT molecular complexity index is 406. The Kier molecular flexibility index (Phi) is 4.42. The standard InChI is InChI=1S/C12H14N2O2/c1-9(2)14-12(16)10(8-15)7-11-5-3-4-6-13-11/h3-6,9H,7H2,1-2H3,(H,14,16). The second-order valence-electron chi connectivity index (χ2n) is 3.71.